The highest BCUT2D eigenvalue weighted by Crippen LogP contribution is 2.17. The molecule has 1 saturated heterocycles. The largest absolute Gasteiger partial charge is 0.481 e. The molecular formula is C7H13NO2. The van der Waals surface area contributed by atoms with Crippen LogP contribution in [-0.2, 0) is 4.79 Å². The van der Waals surface area contributed by atoms with Crippen molar-refractivity contribution >= 4 is 5.97 Å². The summed E-state index contributed by atoms with van der Waals surface area (Å²) in [5.41, 5.74) is 0. The Morgan fingerprint density at radius 1 is 1.80 bits per heavy atom. The highest BCUT2D eigenvalue weighted by Gasteiger charge is 2.21. The summed E-state index contributed by atoms with van der Waals surface area (Å²) in [7, 11) is 2.03. The molecule has 0 aromatic rings. The quantitative estimate of drug-likeness (QED) is 0.608. The predicted octanol–water partition coefficient (Wildman–Crippen LogP) is 0.413. The molecule has 0 bridgehead atoms. The van der Waals surface area contributed by atoms with Crippen LogP contribution in [0.15, 0.2) is 0 Å². The van der Waals surface area contributed by atoms with E-state index >= 15 is 0 Å². The first-order valence-electron chi connectivity index (χ1n) is 3.59. The molecule has 1 heterocycles. The van der Waals surface area contributed by atoms with Crippen LogP contribution in [-0.4, -0.2) is 36.1 Å². The van der Waals surface area contributed by atoms with Gasteiger partial charge in [0.1, 0.15) is 0 Å². The lowest BCUT2D eigenvalue weighted by Gasteiger charge is -2.06. The zero-order chi connectivity index (χ0) is 7.56. The van der Waals surface area contributed by atoms with Crippen LogP contribution in [0.3, 0.4) is 0 Å². The number of carboxylic acids is 1. The van der Waals surface area contributed by atoms with Gasteiger partial charge in [-0.1, -0.05) is 0 Å². The van der Waals surface area contributed by atoms with Gasteiger partial charge in [-0.2, -0.15) is 0 Å². The normalized spacial score (nSPS) is 27.1. The minimum absolute atomic E-state index is 0.338. The van der Waals surface area contributed by atoms with E-state index in [1.54, 1.807) is 0 Å². The van der Waals surface area contributed by atoms with Crippen LogP contribution >= 0.6 is 0 Å². The average Bonchev–Trinajstić information content (AvgIpc) is 2.13. The van der Waals surface area contributed by atoms with E-state index in [4.69, 9.17) is 5.11 Å². The Morgan fingerprint density at radius 2 is 2.50 bits per heavy atom. The van der Waals surface area contributed by atoms with E-state index < -0.39 is 5.97 Å². The summed E-state index contributed by atoms with van der Waals surface area (Å²) in [5, 5.41) is 8.44. The molecule has 3 nitrogen and oxygen atoms in total. The summed E-state index contributed by atoms with van der Waals surface area (Å²) < 4.78 is 0. The van der Waals surface area contributed by atoms with Crippen LogP contribution in [0.5, 0.6) is 0 Å². The van der Waals surface area contributed by atoms with Gasteiger partial charge in [0.25, 0.3) is 0 Å². The predicted molar refractivity (Wildman–Crippen MR) is 37.9 cm³/mol. The molecule has 1 rings (SSSR count). The van der Waals surface area contributed by atoms with Crippen molar-refractivity contribution in [3.63, 3.8) is 0 Å². The minimum atomic E-state index is -0.666. The molecule has 1 aliphatic heterocycles. The van der Waals surface area contributed by atoms with Crippen molar-refractivity contribution in [2.24, 2.45) is 5.92 Å². The van der Waals surface area contributed by atoms with Crippen molar-refractivity contribution in [2.45, 2.75) is 12.8 Å². The SMILES string of the molecule is CN1CC[C@@H](CC(=O)O)C1. The molecule has 0 aromatic carbocycles. The Balaban J connectivity index is 2.24. The smallest absolute Gasteiger partial charge is 0.303 e. The summed E-state index contributed by atoms with van der Waals surface area (Å²) in [5.74, 6) is -0.275. The molecule has 0 saturated carbocycles. The van der Waals surface area contributed by atoms with Crippen molar-refractivity contribution in [1.82, 2.24) is 4.90 Å². The summed E-state index contributed by atoms with van der Waals surface area (Å²) in [6.07, 6.45) is 1.38. The summed E-state index contributed by atoms with van der Waals surface area (Å²) in [6.45, 7) is 2.00. The number of aliphatic carboxylic acids is 1. The third kappa shape index (κ3) is 1.99. The number of carboxylic acid groups (broad SMARTS) is 1. The van der Waals surface area contributed by atoms with E-state index in [0.29, 0.717) is 12.3 Å². The number of likely N-dealkylation sites (tertiary alicyclic amines) is 1. The molecule has 0 aliphatic carbocycles. The van der Waals surface area contributed by atoms with E-state index in [1.807, 2.05) is 7.05 Å². The van der Waals surface area contributed by atoms with Gasteiger partial charge >= 0.3 is 5.97 Å². The van der Waals surface area contributed by atoms with Gasteiger partial charge in [0.05, 0.1) is 0 Å². The van der Waals surface area contributed by atoms with Gasteiger partial charge in [0.2, 0.25) is 0 Å². The minimum Gasteiger partial charge on any atom is -0.481 e. The van der Waals surface area contributed by atoms with E-state index in [2.05, 4.69) is 4.90 Å². The third-order valence-corrected chi connectivity index (χ3v) is 1.95. The molecule has 1 fully saturated rings. The molecule has 1 atom stereocenters. The zero-order valence-corrected chi connectivity index (χ0v) is 6.21. The average molecular weight is 143 g/mol. The number of hydrogen-bond donors (Lipinski definition) is 1. The second-order valence-corrected chi connectivity index (χ2v) is 3.01. The van der Waals surface area contributed by atoms with Crippen LogP contribution in [0.2, 0.25) is 0 Å². The van der Waals surface area contributed by atoms with Crippen LogP contribution in [0.25, 0.3) is 0 Å². The summed E-state index contributed by atoms with van der Waals surface area (Å²) in [4.78, 5) is 12.4. The van der Waals surface area contributed by atoms with Gasteiger partial charge < -0.3 is 10.0 Å². The standard InChI is InChI=1S/C7H13NO2/c1-8-3-2-6(5-8)4-7(9)10/h6H,2-5H2,1H3,(H,9,10)/t6-/m0/s1. The van der Waals surface area contributed by atoms with Gasteiger partial charge in [0.15, 0.2) is 0 Å². The number of hydrogen-bond acceptors (Lipinski definition) is 2. The monoisotopic (exact) mass is 143 g/mol. The van der Waals surface area contributed by atoms with E-state index in [0.717, 1.165) is 19.5 Å². The fourth-order valence-corrected chi connectivity index (χ4v) is 1.44. The number of nitrogens with zero attached hydrogens (tertiary/aromatic N) is 1. The Labute approximate surface area is 60.6 Å². The van der Waals surface area contributed by atoms with E-state index in [9.17, 15) is 4.79 Å². The van der Waals surface area contributed by atoms with Crippen LogP contribution in [0.1, 0.15) is 12.8 Å². The maximum absolute atomic E-state index is 10.2. The Morgan fingerprint density at radius 3 is 2.90 bits per heavy atom. The summed E-state index contributed by atoms with van der Waals surface area (Å²) >= 11 is 0. The molecule has 0 radical (unpaired) electrons. The molecule has 0 aromatic heterocycles. The highest BCUT2D eigenvalue weighted by molar-refractivity contribution is 5.67. The first kappa shape index (κ1) is 7.54. The van der Waals surface area contributed by atoms with Gasteiger partial charge in [-0.05, 0) is 25.9 Å². The molecule has 0 amide bonds. The Bertz CT molecular complexity index is 136. The molecule has 0 spiro atoms. The van der Waals surface area contributed by atoms with Crippen LogP contribution < -0.4 is 0 Å². The molecule has 0 unspecified atom stereocenters. The van der Waals surface area contributed by atoms with Crippen molar-refractivity contribution in [1.29, 1.82) is 0 Å². The van der Waals surface area contributed by atoms with E-state index in [1.165, 1.54) is 0 Å². The lowest BCUT2D eigenvalue weighted by atomic mass is 10.1. The lowest BCUT2D eigenvalue weighted by Crippen LogP contribution is -2.15. The molecule has 10 heavy (non-hydrogen) atoms. The first-order chi connectivity index (χ1) is 4.68. The summed E-state index contributed by atoms with van der Waals surface area (Å²) in [6, 6.07) is 0. The maximum atomic E-state index is 10.2. The molecule has 3 heteroatoms. The van der Waals surface area contributed by atoms with Crippen molar-refractivity contribution in [2.75, 3.05) is 20.1 Å². The van der Waals surface area contributed by atoms with Gasteiger partial charge in [-0.25, -0.2) is 0 Å². The van der Waals surface area contributed by atoms with Gasteiger partial charge in [-0.3, -0.25) is 4.79 Å². The van der Waals surface area contributed by atoms with Crippen molar-refractivity contribution in [3.05, 3.63) is 0 Å². The van der Waals surface area contributed by atoms with Crippen LogP contribution in [0, 0.1) is 5.92 Å². The van der Waals surface area contributed by atoms with Gasteiger partial charge in [0, 0.05) is 13.0 Å². The molecule has 1 N–H and O–H groups in total. The van der Waals surface area contributed by atoms with Gasteiger partial charge in [-0.15, -0.1) is 0 Å². The molecule has 1 aliphatic rings. The zero-order valence-electron chi connectivity index (χ0n) is 6.21. The Hall–Kier alpha value is -0.570. The van der Waals surface area contributed by atoms with E-state index in [-0.39, 0.29) is 0 Å². The van der Waals surface area contributed by atoms with Crippen molar-refractivity contribution in [3.8, 4) is 0 Å². The fraction of sp³-hybridized carbons (Fsp3) is 0.857. The maximum Gasteiger partial charge on any atom is 0.303 e. The second kappa shape index (κ2) is 3.01. The van der Waals surface area contributed by atoms with Crippen LogP contribution in [0.4, 0.5) is 0 Å². The third-order valence-electron chi connectivity index (χ3n) is 1.95. The number of rotatable bonds is 2. The lowest BCUT2D eigenvalue weighted by molar-refractivity contribution is -0.138. The van der Waals surface area contributed by atoms with Crippen molar-refractivity contribution < 1.29 is 9.90 Å². The Kier molecular flexibility index (Phi) is 2.27. The highest BCUT2D eigenvalue weighted by atomic mass is 16.4. The number of carbonyl (C=O) groups is 1. The second-order valence-electron chi connectivity index (χ2n) is 3.01. The fourth-order valence-electron chi connectivity index (χ4n) is 1.44. The first-order valence-corrected chi connectivity index (χ1v) is 3.59. The molecular weight excluding hydrogens is 130 g/mol. The molecule has 58 valence electrons. The topological polar surface area (TPSA) is 40.5 Å².